The van der Waals surface area contributed by atoms with E-state index >= 15 is 0 Å². The molecule has 0 bridgehead atoms. The minimum Gasteiger partial charge on any atom is -0.494 e. The van der Waals surface area contributed by atoms with Crippen molar-refractivity contribution in [2.45, 2.75) is 19.9 Å². The Labute approximate surface area is 193 Å². The molecule has 1 aliphatic heterocycles. The molecule has 6 heteroatoms. The van der Waals surface area contributed by atoms with Crippen molar-refractivity contribution in [3.05, 3.63) is 104 Å². The van der Waals surface area contributed by atoms with Crippen LogP contribution in [0.15, 0.2) is 80.4 Å². The number of hydrogen-bond acceptors (Lipinski definition) is 4. The number of carbonyl (C=O) groups excluding carboxylic acids is 1. The summed E-state index contributed by atoms with van der Waals surface area (Å²) >= 11 is 3.51. The molecular formula is C26H20BrNO4. The van der Waals surface area contributed by atoms with Crippen LogP contribution < -0.4 is 15.1 Å². The van der Waals surface area contributed by atoms with Crippen molar-refractivity contribution < 1.29 is 13.9 Å². The third-order valence-corrected chi connectivity index (χ3v) is 6.11. The summed E-state index contributed by atoms with van der Waals surface area (Å²) in [4.78, 5) is 28.8. The molecule has 0 spiro atoms. The summed E-state index contributed by atoms with van der Waals surface area (Å²) in [5.41, 5.74) is 3.02. The van der Waals surface area contributed by atoms with Gasteiger partial charge in [0.05, 0.1) is 23.6 Å². The SMILES string of the molecule is CCOc1ccc(N2C(=O)c3oc4ccc(C)cc4c(=O)c3C2c2cccc(Br)c2)cc1. The summed E-state index contributed by atoms with van der Waals surface area (Å²) in [5, 5.41) is 0.477. The minimum absolute atomic E-state index is 0.0882. The molecule has 0 N–H and O–H groups in total. The first-order chi connectivity index (χ1) is 15.5. The summed E-state index contributed by atoms with van der Waals surface area (Å²) < 4.78 is 12.4. The van der Waals surface area contributed by atoms with Gasteiger partial charge < -0.3 is 9.15 Å². The number of carbonyl (C=O) groups is 1. The zero-order chi connectivity index (χ0) is 22.4. The molecule has 32 heavy (non-hydrogen) atoms. The lowest BCUT2D eigenvalue weighted by molar-refractivity contribution is 0.0971. The first-order valence-electron chi connectivity index (χ1n) is 10.4. The topological polar surface area (TPSA) is 59.8 Å². The van der Waals surface area contributed by atoms with Crippen molar-refractivity contribution in [1.82, 2.24) is 0 Å². The molecule has 2 heterocycles. The monoisotopic (exact) mass is 489 g/mol. The van der Waals surface area contributed by atoms with Gasteiger partial charge in [0, 0.05) is 10.2 Å². The van der Waals surface area contributed by atoms with Crippen molar-refractivity contribution in [3.8, 4) is 5.75 Å². The van der Waals surface area contributed by atoms with Crippen LogP contribution in [0.1, 0.15) is 40.2 Å². The molecule has 0 radical (unpaired) electrons. The van der Waals surface area contributed by atoms with Crippen molar-refractivity contribution >= 4 is 38.5 Å². The van der Waals surface area contributed by atoms with Gasteiger partial charge in [0.2, 0.25) is 5.76 Å². The van der Waals surface area contributed by atoms with E-state index in [4.69, 9.17) is 9.15 Å². The number of fused-ring (bicyclic) bond motifs is 2. The molecule has 1 atom stereocenters. The Morgan fingerprint density at radius 2 is 1.81 bits per heavy atom. The highest BCUT2D eigenvalue weighted by molar-refractivity contribution is 9.10. The van der Waals surface area contributed by atoms with Crippen LogP contribution in [0, 0.1) is 6.92 Å². The van der Waals surface area contributed by atoms with Crippen LogP contribution in [0.4, 0.5) is 5.69 Å². The van der Waals surface area contributed by atoms with E-state index in [2.05, 4.69) is 15.9 Å². The summed E-state index contributed by atoms with van der Waals surface area (Å²) in [6.07, 6.45) is 0. The maximum atomic E-state index is 13.6. The smallest absolute Gasteiger partial charge is 0.295 e. The molecule has 1 aliphatic rings. The molecule has 5 nitrogen and oxygen atoms in total. The quantitative estimate of drug-likeness (QED) is 0.352. The Morgan fingerprint density at radius 1 is 1.03 bits per heavy atom. The molecule has 3 aromatic carbocycles. The number of nitrogens with zero attached hydrogens (tertiary/aromatic N) is 1. The normalized spacial score (nSPS) is 15.3. The van der Waals surface area contributed by atoms with E-state index in [9.17, 15) is 9.59 Å². The van der Waals surface area contributed by atoms with E-state index in [1.165, 1.54) is 0 Å². The van der Waals surface area contributed by atoms with Gasteiger partial charge >= 0.3 is 0 Å². The lowest BCUT2D eigenvalue weighted by atomic mass is 9.98. The summed E-state index contributed by atoms with van der Waals surface area (Å²) in [7, 11) is 0. The second kappa shape index (κ2) is 7.95. The number of amides is 1. The summed E-state index contributed by atoms with van der Waals surface area (Å²) in [6.45, 7) is 4.40. The van der Waals surface area contributed by atoms with Gasteiger partial charge in [-0.3, -0.25) is 14.5 Å². The first kappa shape index (κ1) is 20.5. The molecule has 1 amide bonds. The lowest BCUT2D eigenvalue weighted by Gasteiger charge is -2.25. The molecule has 5 rings (SSSR count). The minimum atomic E-state index is -0.603. The predicted molar refractivity (Wildman–Crippen MR) is 128 cm³/mol. The summed E-state index contributed by atoms with van der Waals surface area (Å²) in [6, 6.07) is 19.8. The van der Waals surface area contributed by atoms with E-state index in [0.717, 1.165) is 21.3 Å². The third kappa shape index (κ3) is 3.31. The zero-order valence-corrected chi connectivity index (χ0v) is 19.2. The number of aryl methyl sites for hydroxylation is 1. The maximum absolute atomic E-state index is 13.6. The van der Waals surface area contributed by atoms with Gasteiger partial charge in [-0.1, -0.05) is 39.7 Å². The van der Waals surface area contributed by atoms with E-state index in [-0.39, 0.29) is 17.1 Å². The van der Waals surface area contributed by atoms with Gasteiger partial charge in [-0.05, 0) is 67.9 Å². The number of hydrogen-bond donors (Lipinski definition) is 0. The number of anilines is 1. The Bertz CT molecular complexity index is 1410. The van der Waals surface area contributed by atoms with Crippen LogP contribution in [-0.4, -0.2) is 12.5 Å². The number of halogens is 1. The van der Waals surface area contributed by atoms with Gasteiger partial charge in [0.15, 0.2) is 5.43 Å². The van der Waals surface area contributed by atoms with Crippen LogP contribution >= 0.6 is 15.9 Å². The highest BCUT2D eigenvalue weighted by Gasteiger charge is 2.43. The van der Waals surface area contributed by atoms with Gasteiger partial charge in [-0.15, -0.1) is 0 Å². The average Bonchev–Trinajstić information content (AvgIpc) is 3.08. The Morgan fingerprint density at radius 3 is 2.53 bits per heavy atom. The van der Waals surface area contributed by atoms with Gasteiger partial charge in [-0.2, -0.15) is 0 Å². The van der Waals surface area contributed by atoms with Crippen molar-refractivity contribution in [2.75, 3.05) is 11.5 Å². The van der Waals surface area contributed by atoms with Gasteiger partial charge in [0.25, 0.3) is 5.91 Å². The second-order valence-corrected chi connectivity index (χ2v) is 8.65. The van der Waals surface area contributed by atoms with Crippen LogP contribution in [0.2, 0.25) is 0 Å². The zero-order valence-electron chi connectivity index (χ0n) is 17.6. The largest absolute Gasteiger partial charge is 0.494 e. The average molecular weight is 490 g/mol. The van der Waals surface area contributed by atoms with E-state index in [1.807, 2.05) is 74.5 Å². The summed E-state index contributed by atoms with van der Waals surface area (Å²) in [5.74, 6) is 0.466. The molecular weight excluding hydrogens is 470 g/mol. The van der Waals surface area contributed by atoms with Crippen molar-refractivity contribution in [2.24, 2.45) is 0 Å². The van der Waals surface area contributed by atoms with Crippen molar-refractivity contribution in [3.63, 3.8) is 0 Å². The van der Waals surface area contributed by atoms with Crippen LogP contribution in [-0.2, 0) is 0 Å². The molecule has 1 aromatic heterocycles. The van der Waals surface area contributed by atoms with Gasteiger partial charge in [0.1, 0.15) is 11.3 Å². The molecule has 160 valence electrons. The first-order valence-corrected chi connectivity index (χ1v) is 11.2. The van der Waals surface area contributed by atoms with E-state index in [0.29, 0.717) is 28.8 Å². The highest BCUT2D eigenvalue weighted by Crippen LogP contribution is 2.42. The lowest BCUT2D eigenvalue weighted by Crippen LogP contribution is -2.29. The van der Waals surface area contributed by atoms with Crippen LogP contribution in [0.3, 0.4) is 0 Å². The fraction of sp³-hybridized carbons (Fsp3) is 0.154. The fourth-order valence-electron chi connectivity index (χ4n) is 4.21. The van der Waals surface area contributed by atoms with Crippen LogP contribution in [0.5, 0.6) is 5.75 Å². The Kier molecular flexibility index (Phi) is 5.10. The Hall–Kier alpha value is -3.38. The predicted octanol–water partition coefficient (Wildman–Crippen LogP) is 6.01. The molecule has 0 aliphatic carbocycles. The fourth-order valence-corrected chi connectivity index (χ4v) is 4.63. The molecule has 0 fully saturated rings. The number of rotatable bonds is 4. The maximum Gasteiger partial charge on any atom is 0.295 e. The van der Waals surface area contributed by atoms with Crippen LogP contribution in [0.25, 0.3) is 11.0 Å². The molecule has 0 saturated carbocycles. The van der Waals surface area contributed by atoms with E-state index in [1.54, 1.807) is 11.0 Å². The second-order valence-electron chi connectivity index (χ2n) is 7.73. The molecule has 1 unspecified atom stereocenters. The molecule has 4 aromatic rings. The van der Waals surface area contributed by atoms with Crippen molar-refractivity contribution in [1.29, 1.82) is 0 Å². The third-order valence-electron chi connectivity index (χ3n) is 5.62. The standard InChI is InChI=1S/C26H20BrNO4/c1-3-31-19-10-8-18(9-11-19)28-23(16-5-4-6-17(27)14-16)22-24(29)20-13-15(2)7-12-21(20)32-25(22)26(28)30/h4-14,23H,3H2,1-2H3. The van der Waals surface area contributed by atoms with E-state index < -0.39 is 6.04 Å². The Balaban J connectivity index is 1.76. The van der Waals surface area contributed by atoms with Gasteiger partial charge in [-0.25, -0.2) is 0 Å². The highest BCUT2D eigenvalue weighted by atomic mass is 79.9. The number of ether oxygens (including phenoxy) is 1. The number of benzene rings is 3. The molecule has 0 saturated heterocycles.